The second kappa shape index (κ2) is 7.01. The second-order valence-corrected chi connectivity index (χ2v) is 6.08. The van der Waals surface area contributed by atoms with Crippen molar-refractivity contribution in [1.29, 1.82) is 0 Å². The number of hydrogen-bond acceptors (Lipinski definition) is 1. The van der Waals surface area contributed by atoms with Crippen LogP contribution < -0.4 is 0 Å². The van der Waals surface area contributed by atoms with Gasteiger partial charge in [-0.25, -0.2) is 0 Å². The summed E-state index contributed by atoms with van der Waals surface area (Å²) in [6.45, 7) is 13.4. The van der Waals surface area contributed by atoms with Crippen molar-refractivity contribution in [3.63, 3.8) is 0 Å². The van der Waals surface area contributed by atoms with Gasteiger partial charge in [0.05, 0.1) is 18.6 Å². The van der Waals surface area contributed by atoms with Gasteiger partial charge >= 0.3 is 6.39 Å². The van der Waals surface area contributed by atoms with Crippen molar-refractivity contribution in [2.45, 2.75) is 46.1 Å². The summed E-state index contributed by atoms with van der Waals surface area (Å²) in [6.07, 6.45) is -2.30. The van der Waals surface area contributed by atoms with Crippen molar-refractivity contribution in [1.82, 2.24) is 0 Å². The monoisotopic (exact) mass is 289 g/mol. The van der Waals surface area contributed by atoms with E-state index in [0.29, 0.717) is 5.54 Å². The lowest BCUT2D eigenvalue weighted by molar-refractivity contribution is -0.976. The summed E-state index contributed by atoms with van der Waals surface area (Å²) < 4.78 is 37.3. The minimum Gasteiger partial charge on any atom is -0.435 e. The van der Waals surface area contributed by atoms with Crippen molar-refractivity contribution in [2.75, 3.05) is 26.4 Å². The fourth-order valence-electron chi connectivity index (χ4n) is 2.20. The molecule has 2 nitrogen and oxygen atoms in total. The molecule has 0 bridgehead atoms. The third kappa shape index (κ3) is 6.85. The molecule has 0 saturated carbocycles. The summed E-state index contributed by atoms with van der Waals surface area (Å²) in [4.78, 5) is 0. The first-order valence-electron chi connectivity index (χ1n) is 6.33. The molecule has 0 radical (unpaired) electrons. The Balaban J connectivity index is 0.000000494. The van der Waals surface area contributed by atoms with E-state index in [1.54, 1.807) is 0 Å². The standard InChI is InChI=1S/C11H24NO.BClF3/c1-5-13-10-12(11(2,3)4)8-6-7-9-12;2-1(3,4)5/h5-10H2,1-4H3;/q+1;-1. The molecule has 0 atom stereocenters. The molecule has 110 valence electrons. The van der Waals surface area contributed by atoms with Crippen LogP contribution in [0.3, 0.4) is 0 Å². The van der Waals surface area contributed by atoms with Gasteiger partial charge in [0.25, 0.3) is 0 Å². The SMILES string of the molecule is CCOC[N+]1(C(C)(C)C)CCCC1.F[B-](F)(F)Cl. The molecule has 0 aromatic carbocycles. The first kappa shape index (κ1) is 18.1. The average Bonchev–Trinajstić information content (AvgIpc) is 2.60. The molecule has 0 aliphatic carbocycles. The number of quaternary nitrogens is 1. The maximum atomic E-state index is 10.2. The van der Waals surface area contributed by atoms with E-state index in [9.17, 15) is 12.9 Å². The van der Waals surface area contributed by atoms with Crippen LogP contribution >= 0.6 is 11.5 Å². The van der Waals surface area contributed by atoms with Gasteiger partial charge in [0.1, 0.15) is 0 Å². The number of rotatable bonds is 3. The Morgan fingerprint density at radius 3 is 1.83 bits per heavy atom. The molecular weight excluding hydrogens is 265 g/mol. The maximum Gasteiger partial charge on any atom is 0.576 e. The fourth-order valence-corrected chi connectivity index (χ4v) is 2.20. The highest BCUT2D eigenvalue weighted by atomic mass is 35.5. The van der Waals surface area contributed by atoms with Crippen molar-refractivity contribution in [2.24, 2.45) is 0 Å². The predicted octanol–water partition coefficient (Wildman–Crippen LogP) is 3.96. The van der Waals surface area contributed by atoms with Gasteiger partial charge in [-0.05, 0) is 27.7 Å². The van der Waals surface area contributed by atoms with E-state index in [2.05, 4.69) is 39.2 Å². The van der Waals surface area contributed by atoms with E-state index in [4.69, 9.17) is 4.74 Å². The number of nitrogens with zero attached hydrogens (tertiary/aromatic N) is 1. The molecule has 0 aromatic rings. The minimum absolute atomic E-state index is 0.339. The van der Waals surface area contributed by atoms with Crippen molar-refractivity contribution in [3.05, 3.63) is 0 Å². The molecule has 1 fully saturated rings. The third-order valence-corrected chi connectivity index (χ3v) is 3.39. The normalized spacial score (nSPS) is 19.3. The van der Waals surface area contributed by atoms with E-state index >= 15 is 0 Å². The van der Waals surface area contributed by atoms with Crippen LogP contribution in [0.4, 0.5) is 12.9 Å². The largest absolute Gasteiger partial charge is 0.576 e. The van der Waals surface area contributed by atoms with Gasteiger partial charge in [-0.15, -0.1) is 0 Å². The quantitative estimate of drug-likeness (QED) is 0.564. The lowest BCUT2D eigenvalue weighted by atomic mass is 10.0. The van der Waals surface area contributed by atoms with Gasteiger partial charge in [0.2, 0.25) is 0 Å². The Bertz CT molecular complexity index is 231. The first-order chi connectivity index (χ1) is 8.02. The first-order valence-corrected chi connectivity index (χ1v) is 6.77. The van der Waals surface area contributed by atoms with E-state index in [-0.39, 0.29) is 0 Å². The molecule has 1 rings (SSSR count). The van der Waals surface area contributed by atoms with Gasteiger partial charge in [-0.2, -0.15) is 0 Å². The van der Waals surface area contributed by atoms with Crippen molar-refractivity contribution in [3.8, 4) is 0 Å². The lowest BCUT2D eigenvalue weighted by Crippen LogP contribution is -2.59. The summed E-state index contributed by atoms with van der Waals surface area (Å²) in [6, 6.07) is 0. The second-order valence-electron chi connectivity index (χ2n) is 5.59. The predicted molar refractivity (Wildman–Crippen MR) is 70.4 cm³/mol. The number of likely N-dealkylation sites (tertiary alicyclic amines) is 1. The molecule has 0 spiro atoms. The van der Waals surface area contributed by atoms with Crippen LogP contribution in [0.1, 0.15) is 40.5 Å². The van der Waals surface area contributed by atoms with Crippen LogP contribution in [0.15, 0.2) is 0 Å². The van der Waals surface area contributed by atoms with E-state index in [1.807, 2.05) is 0 Å². The molecule has 1 saturated heterocycles. The highest BCUT2D eigenvalue weighted by Gasteiger charge is 2.42. The number of hydrogen-bond donors (Lipinski definition) is 0. The van der Waals surface area contributed by atoms with Crippen molar-refractivity contribution < 1.29 is 22.2 Å². The summed E-state index contributed by atoms with van der Waals surface area (Å²) in [7, 11) is 0. The molecule has 18 heavy (non-hydrogen) atoms. The van der Waals surface area contributed by atoms with E-state index in [1.165, 1.54) is 25.9 Å². The Morgan fingerprint density at radius 1 is 1.17 bits per heavy atom. The van der Waals surface area contributed by atoms with Crippen LogP contribution in [0, 0.1) is 0 Å². The molecule has 1 aliphatic rings. The molecule has 0 aromatic heterocycles. The molecule has 1 aliphatic heterocycles. The minimum atomic E-state index is -5.03. The van der Waals surface area contributed by atoms with Crippen LogP contribution in [-0.4, -0.2) is 42.8 Å². The number of ether oxygens (including phenoxy) is 1. The highest BCUT2D eigenvalue weighted by Crippen LogP contribution is 2.30. The van der Waals surface area contributed by atoms with E-state index < -0.39 is 6.39 Å². The smallest absolute Gasteiger partial charge is 0.435 e. The van der Waals surface area contributed by atoms with Gasteiger partial charge in [0.15, 0.2) is 6.73 Å². The molecule has 1 heterocycles. The number of halogens is 4. The summed E-state index contributed by atoms with van der Waals surface area (Å²) >= 11 is 3.59. The van der Waals surface area contributed by atoms with Gasteiger partial charge in [-0.3, -0.25) is 15.9 Å². The van der Waals surface area contributed by atoms with Gasteiger partial charge < -0.3 is 17.7 Å². The zero-order valence-corrected chi connectivity index (χ0v) is 12.4. The molecular formula is C11H24BClF3NO. The van der Waals surface area contributed by atoms with Crippen molar-refractivity contribution >= 4 is 17.9 Å². The average molecular weight is 290 g/mol. The zero-order valence-electron chi connectivity index (χ0n) is 11.7. The Hall–Kier alpha value is 0.0649. The Morgan fingerprint density at radius 2 is 1.56 bits per heavy atom. The highest BCUT2D eigenvalue weighted by molar-refractivity contribution is 7.08. The lowest BCUT2D eigenvalue weighted by Gasteiger charge is -2.45. The third-order valence-electron chi connectivity index (χ3n) is 3.39. The molecule has 0 amide bonds. The van der Waals surface area contributed by atoms with Crippen LogP contribution in [0.25, 0.3) is 0 Å². The van der Waals surface area contributed by atoms with Gasteiger partial charge in [-0.1, -0.05) is 0 Å². The topological polar surface area (TPSA) is 9.23 Å². The van der Waals surface area contributed by atoms with Gasteiger partial charge in [0, 0.05) is 19.4 Å². The Kier molecular flexibility index (Phi) is 7.04. The zero-order chi connectivity index (χ0) is 14.4. The molecule has 7 heteroatoms. The van der Waals surface area contributed by atoms with Crippen LogP contribution in [0.5, 0.6) is 0 Å². The van der Waals surface area contributed by atoms with Crippen LogP contribution in [-0.2, 0) is 4.74 Å². The van der Waals surface area contributed by atoms with E-state index in [0.717, 1.165) is 17.8 Å². The summed E-state index contributed by atoms with van der Waals surface area (Å²) in [5.41, 5.74) is 0.339. The maximum absolute atomic E-state index is 10.2. The Labute approximate surface area is 113 Å². The molecule has 0 unspecified atom stereocenters. The summed E-state index contributed by atoms with van der Waals surface area (Å²) in [5, 5.41) is 0. The summed E-state index contributed by atoms with van der Waals surface area (Å²) in [5.74, 6) is 0. The molecule has 0 N–H and O–H groups in total. The fraction of sp³-hybridized carbons (Fsp3) is 1.00. The van der Waals surface area contributed by atoms with Crippen LogP contribution in [0.2, 0.25) is 0 Å².